The van der Waals surface area contributed by atoms with Crippen LogP contribution in [0.4, 0.5) is 61.5 Å². The fourth-order valence-corrected chi connectivity index (χ4v) is 4.01. The molecule has 1 unspecified atom stereocenters. The molecule has 0 radical (unpaired) electrons. The molecule has 0 aliphatic rings. The van der Waals surface area contributed by atoms with Gasteiger partial charge in [-0.05, 0) is 6.16 Å². The summed E-state index contributed by atoms with van der Waals surface area (Å²) in [5.41, 5.74) is -6.51. The van der Waals surface area contributed by atoms with E-state index in [1.807, 2.05) is 0 Å². The van der Waals surface area contributed by atoms with E-state index in [1.54, 1.807) is 0 Å². The number of rotatable bonds is 5. The van der Waals surface area contributed by atoms with Gasteiger partial charge in [-0.25, -0.2) is 22.0 Å². The lowest BCUT2D eigenvalue weighted by atomic mass is 10.1. The Bertz CT molecular complexity index is 693. The van der Waals surface area contributed by atoms with Gasteiger partial charge in [0.25, 0.3) is 0 Å². The Labute approximate surface area is 141 Å². The molecule has 0 aromatic heterocycles. The fraction of sp³-hybridized carbons (Fsp3) is 0.500. The third kappa shape index (κ3) is 3.33. The predicted molar refractivity (Wildman–Crippen MR) is 64.2 cm³/mol. The molecule has 0 bridgehead atoms. The van der Waals surface area contributed by atoms with Crippen molar-refractivity contribution in [3.05, 3.63) is 29.1 Å². The summed E-state index contributed by atoms with van der Waals surface area (Å²) in [4.78, 5) is 0. The van der Waals surface area contributed by atoms with Crippen LogP contribution >= 0.6 is 7.92 Å². The van der Waals surface area contributed by atoms with Crippen LogP contribution in [-0.2, 0) is 0 Å². The van der Waals surface area contributed by atoms with Gasteiger partial charge < -0.3 is 0 Å². The van der Waals surface area contributed by atoms with Crippen molar-refractivity contribution in [2.45, 2.75) is 30.6 Å². The molecule has 156 valence electrons. The molecule has 1 aromatic rings. The molecular weight excluding hydrogens is 441 g/mol. The summed E-state index contributed by atoms with van der Waals surface area (Å²) in [6.07, 6.45) is -8.82. The first-order valence-corrected chi connectivity index (χ1v) is 7.89. The Kier molecular flexibility index (Phi) is 6.08. The summed E-state index contributed by atoms with van der Waals surface area (Å²) in [6.45, 7) is 0.402. The zero-order chi connectivity index (χ0) is 21.7. The molecule has 0 aliphatic heterocycles. The average Bonchev–Trinajstić information content (AvgIpc) is 2.53. The van der Waals surface area contributed by atoms with Gasteiger partial charge in [-0.3, -0.25) is 0 Å². The van der Waals surface area contributed by atoms with Gasteiger partial charge in [-0.15, -0.1) is 0 Å². The first-order valence-electron chi connectivity index (χ1n) is 6.37. The van der Waals surface area contributed by atoms with Crippen LogP contribution in [0.25, 0.3) is 0 Å². The summed E-state index contributed by atoms with van der Waals surface area (Å²) in [7, 11) is -4.74. The highest BCUT2D eigenvalue weighted by atomic mass is 31.1. The Morgan fingerprint density at radius 1 is 0.593 bits per heavy atom. The molecule has 27 heavy (non-hydrogen) atoms. The van der Waals surface area contributed by atoms with Crippen molar-refractivity contribution < 1.29 is 61.5 Å². The van der Waals surface area contributed by atoms with Gasteiger partial charge in [0.05, 0.1) is 5.30 Å². The number of benzene rings is 1. The lowest BCUT2D eigenvalue weighted by molar-refractivity contribution is -0.382. The molecular formula is C12H5F14P. The van der Waals surface area contributed by atoms with Gasteiger partial charge in [-0.1, -0.05) is 6.92 Å². The quantitative estimate of drug-likeness (QED) is 0.228. The van der Waals surface area contributed by atoms with Crippen LogP contribution in [0.2, 0.25) is 0 Å². The molecule has 0 fully saturated rings. The van der Waals surface area contributed by atoms with E-state index in [1.165, 1.54) is 0 Å². The van der Waals surface area contributed by atoms with Crippen molar-refractivity contribution in [3.63, 3.8) is 0 Å². The van der Waals surface area contributed by atoms with E-state index in [9.17, 15) is 61.5 Å². The monoisotopic (exact) mass is 446 g/mol. The van der Waals surface area contributed by atoms with E-state index in [4.69, 9.17) is 0 Å². The van der Waals surface area contributed by atoms with Crippen LogP contribution in [0.15, 0.2) is 0 Å². The van der Waals surface area contributed by atoms with Crippen LogP contribution < -0.4 is 5.30 Å². The SMILES string of the molecule is CCP(c1c(F)c(F)c(F)c(F)c1F)C(F)(F)C(F)(F)C(F)(F)C(F)(F)F. The van der Waals surface area contributed by atoms with Crippen molar-refractivity contribution in [1.29, 1.82) is 0 Å². The lowest BCUT2D eigenvalue weighted by Crippen LogP contribution is -2.61. The third-order valence-corrected chi connectivity index (χ3v) is 5.76. The molecule has 0 N–H and O–H groups in total. The fourth-order valence-electron chi connectivity index (χ4n) is 1.86. The van der Waals surface area contributed by atoms with Crippen molar-refractivity contribution in [3.8, 4) is 0 Å². The van der Waals surface area contributed by atoms with E-state index in [-0.39, 0.29) is 0 Å². The molecule has 0 amide bonds. The van der Waals surface area contributed by atoms with E-state index in [0.29, 0.717) is 6.92 Å². The van der Waals surface area contributed by atoms with Crippen LogP contribution in [0.3, 0.4) is 0 Å². The van der Waals surface area contributed by atoms with Crippen molar-refractivity contribution in [2.24, 2.45) is 0 Å². The maximum atomic E-state index is 13.9. The van der Waals surface area contributed by atoms with Gasteiger partial charge >= 0.3 is 23.7 Å². The van der Waals surface area contributed by atoms with Gasteiger partial charge in [0.15, 0.2) is 23.3 Å². The lowest BCUT2D eigenvalue weighted by Gasteiger charge is -2.37. The Morgan fingerprint density at radius 2 is 0.926 bits per heavy atom. The first-order chi connectivity index (χ1) is 11.9. The summed E-state index contributed by atoms with van der Waals surface area (Å²) in [6, 6.07) is 0. The largest absolute Gasteiger partial charge is 0.460 e. The summed E-state index contributed by atoms with van der Waals surface area (Å²) in [5.74, 6) is -29.3. The minimum absolute atomic E-state index is 0.402. The highest BCUT2D eigenvalue weighted by Crippen LogP contribution is 2.65. The molecule has 0 saturated heterocycles. The minimum atomic E-state index is -7.37. The maximum absolute atomic E-state index is 13.9. The van der Waals surface area contributed by atoms with Gasteiger partial charge in [-0.2, -0.15) is 39.5 Å². The second-order valence-electron chi connectivity index (χ2n) is 4.85. The topological polar surface area (TPSA) is 0 Å². The van der Waals surface area contributed by atoms with Crippen LogP contribution in [0, 0.1) is 29.1 Å². The number of halogens is 14. The third-order valence-electron chi connectivity index (χ3n) is 3.24. The van der Waals surface area contributed by atoms with Gasteiger partial charge in [0.2, 0.25) is 5.82 Å². The summed E-state index contributed by atoms with van der Waals surface area (Å²) >= 11 is 0. The predicted octanol–water partition coefficient (Wildman–Crippen LogP) is 5.93. The molecule has 0 saturated carbocycles. The Hall–Kier alpha value is -1.33. The number of alkyl halides is 9. The number of hydrogen-bond acceptors (Lipinski definition) is 0. The van der Waals surface area contributed by atoms with Crippen LogP contribution in [-0.4, -0.2) is 29.8 Å². The molecule has 0 spiro atoms. The van der Waals surface area contributed by atoms with Crippen LogP contribution in [0.5, 0.6) is 0 Å². The van der Waals surface area contributed by atoms with E-state index >= 15 is 0 Å². The van der Waals surface area contributed by atoms with Crippen LogP contribution in [0.1, 0.15) is 6.92 Å². The van der Waals surface area contributed by atoms with E-state index in [0.717, 1.165) is 0 Å². The molecule has 1 atom stereocenters. The van der Waals surface area contributed by atoms with Crippen molar-refractivity contribution >= 4 is 13.2 Å². The van der Waals surface area contributed by atoms with Crippen molar-refractivity contribution in [2.75, 3.05) is 6.16 Å². The number of hydrogen-bond donors (Lipinski definition) is 0. The van der Waals surface area contributed by atoms with Crippen molar-refractivity contribution in [1.82, 2.24) is 0 Å². The Balaban J connectivity index is 3.76. The maximum Gasteiger partial charge on any atom is 0.460 e. The molecule has 0 heterocycles. The molecule has 0 aliphatic carbocycles. The Morgan fingerprint density at radius 3 is 1.22 bits per heavy atom. The zero-order valence-corrected chi connectivity index (χ0v) is 13.3. The normalized spacial score (nSPS) is 15.2. The average molecular weight is 446 g/mol. The molecule has 15 heteroatoms. The molecule has 1 aromatic carbocycles. The second kappa shape index (κ2) is 6.93. The van der Waals surface area contributed by atoms with Gasteiger partial charge in [0, 0.05) is 7.92 Å². The summed E-state index contributed by atoms with van der Waals surface area (Å²) in [5, 5.41) is -2.58. The molecule has 0 nitrogen and oxygen atoms in total. The minimum Gasteiger partial charge on any atom is -0.203 e. The summed E-state index contributed by atoms with van der Waals surface area (Å²) < 4.78 is 183. The smallest absolute Gasteiger partial charge is 0.203 e. The molecule has 1 rings (SSSR count). The van der Waals surface area contributed by atoms with E-state index in [2.05, 4.69) is 0 Å². The standard InChI is InChI=1S/C12H5F14P/c1-2-27(8-6(16)4(14)3(13)5(15)7(8)17)12(25,26)10(20,21)9(18,19)11(22,23)24/h2H2,1H3. The highest BCUT2D eigenvalue weighted by molar-refractivity contribution is 7.66. The zero-order valence-electron chi connectivity index (χ0n) is 12.4. The van der Waals surface area contributed by atoms with Gasteiger partial charge in [0.1, 0.15) is 0 Å². The van der Waals surface area contributed by atoms with E-state index < -0.39 is 72.2 Å². The first kappa shape index (κ1) is 23.7. The second-order valence-corrected chi connectivity index (χ2v) is 7.35. The highest BCUT2D eigenvalue weighted by Gasteiger charge is 2.83.